The van der Waals surface area contributed by atoms with Crippen LogP contribution < -0.4 is 10.4 Å². The van der Waals surface area contributed by atoms with Crippen LogP contribution in [0.15, 0.2) is 17.1 Å². The maximum Gasteiger partial charge on any atom is 0.342 e. The Morgan fingerprint density at radius 1 is 1.50 bits per heavy atom. The van der Waals surface area contributed by atoms with Crippen molar-refractivity contribution < 1.29 is 4.74 Å². The second-order valence-electron chi connectivity index (χ2n) is 4.02. The molecule has 1 rings (SSSR count). The lowest BCUT2D eigenvalue weighted by Crippen LogP contribution is -2.41. The van der Waals surface area contributed by atoms with E-state index < -0.39 is 8.24 Å². The van der Waals surface area contributed by atoms with Crippen molar-refractivity contribution in [3.63, 3.8) is 0 Å². The molecule has 78 valence electrons. The van der Waals surface area contributed by atoms with Crippen LogP contribution in [0, 0.1) is 0 Å². The van der Waals surface area contributed by atoms with Crippen molar-refractivity contribution >= 4 is 8.24 Å². The summed E-state index contributed by atoms with van der Waals surface area (Å²) in [6.07, 6.45) is 1.77. The van der Waals surface area contributed by atoms with Crippen LogP contribution >= 0.6 is 0 Å². The molecule has 0 spiro atoms. The lowest BCUT2D eigenvalue weighted by Gasteiger charge is -2.18. The third-order valence-electron chi connectivity index (χ3n) is 1.79. The van der Waals surface area contributed by atoms with Gasteiger partial charge in [-0.05, 0) is 6.92 Å². The lowest BCUT2D eigenvalue weighted by molar-refractivity contribution is 0.324. The molecule has 0 saturated heterocycles. The highest BCUT2D eigenvalue weighted by Gasteiger charge is 2.18. The minimum Gasteiger partial charge on any atom is -0.478 e. The van der Waals surface area contributed by atoms with E-state index in [-0.39, 0.29) is 5.69 Å². The Morgan fingerprint density at radius 2 is 2.14 bits per heavy atom. The molecule has 0 aromatic carbocycles. The highest BCUT2D eigenvalue weighted by atomic mass is 28.3. The molecule has 0 aliphatic heterocycles. The van der Waals surface area contributed by atoms with E-state index in [1.54, 1.807) is 16.5 Å². The van der Waals surface area contributed by atoms with E-state index in [2.05, 4.69) is 24.6 Å². The van der Waals surface area contributed by atoms with E-state index in [9.17, 15) is 4.79 Å². The number of rotatable bonds is 3. The molecule has 0 amide bonds. The summed E-state index contributed by atoms with van der Waals surface area (Å²) in [7, 11) is -1.64. The van der Waals surface area contributed by atoms with Crippen LogP contribution in [0.1, 0.15) is 6.92 Å². The van der Waals surface area contributed by atoms with Crippen molar-refractivity contribution in [2.24, 2.45) is 0 Å². The van der Waals surface area contributed by atoms with Gasteiger partial charge in [-0.25, -0.2) is 4.79 Å². The van der Waals surface area contributed by atoms with E-state index in [0.717, 1.165) is 0 Å². The largest absolute Gasteiger partial charge is 0.478 e. The van der Waals surface area contributed by atoms with Gasteiger partial charge < -0.3 is 8.97 Å². The first-order valence-electron chi connectivity index (χ1n) is 4.68. The second kappa shape index (κ2) is 3.96. The van der Waals surface area contributed by atoms with Crippen molar-refractivity contribution in [1.29, 1.82) is 0 Å². The lowest BCUT2D eigenvalue weighted by atomic mass is 10.6. The molecule has 0 saturated carbocycles. The molecule has 1 aromatic heterocycles. The van der Waals surface area contributed by atoms with Crippen LogP contribution in [0.25, 0.3) is 0 Å². The minimum absolute atomic E-state index is 0.213. The molecule has 0 unspecified atom stereocenters. The normalized spacial score (nSPS) is 11.4. The third-order valence-corrected chi connectivity index (χ3v) is 3.58. The first kappa shape index (κ1) is 11.0. The van der Waals surface area contributed by atoms with E-state index in [0.29, 0.717) is 12.5 Å². The van der Waals surface area contributed by atoms with Crippen molar-refractivity contribution in [2.45, 2.75) is 26.6 Å². The van der Waals surface area contributed by atoms with Crippen LogP contribution in [0.4, 0.5) is 0 Å². The molecule has 0 aliphatic carbocycles. The molecule has 4 nitrogen and oxygen atoms in total. The maximum absolute atomic E-state index is 11.6. The van der Waals surface area contributed by atoms with Gasteiger partial charge in [0.25, 0.3) is 0 Å². The van der Waals surface area contributed by atoms with Gasteiger partial charge in [0.05, 0.1) is 6.61 Å². The molecular formula is C9H16N2O2Si. The summed E-state index contributed by atoms with van der Waals surface area (Å²) >= 11 is 0. The SMILES string of the molecule is CCOc1ccn([Si](C)(C)C)c(=O)n1. The van der Waals surface area contributed by atoms with Gasteiger partial charge >= 0.3 is 5.69 Å². The molecule has 5 heteroatoms. The summed E-state index contributed by atoms with van der Waals surface area (Å²) < 4.78 is 6.86. The van der Waals surface area contributed by atoms with Gasteiger partial charge in [0.15, 0.2) is 8.24 Å². The van der Waals surface area contributed by atoms with Gasteiger partial charge in [-0.3, -0.25) is 0 Å². The number of nitrogens with zero attached hydrogens (tertiary/aromatic N) is 2. The highest BCUT2D eigenvalue weighted by Crippen LogP contribution is 2.05. The van der Waals surface area contributed by atoms with Gasteiger partial charge in [-0.1, -0.05) is 19.6 Å². The summed E-state index contributed by atoms with van der Waals surface area (Å²) in [5, 5.41) is 0. The van der Waals surface area contributed by atoms with Crippen LogP contribution in [0.5, 0.6) is 5.88 Å². The van der Waals surface area contributed by atoms with Crippen LogP contribution in [0.2, 0.25) is 19.6 Å². The van der Waals surface area contributed by atoms with Crippen molar-refractivity contribution in [3.8, 4) is 5.88 Å². The first-order valence-corrected chi connectivity index (χ1v) is 8.13. The van der Waals surface area contributed by atoms with Gasteiger partial charge in [-0.15, -0.1) is 0 Å². The first-order chi connectivity index (χ1) is 6.45. The standard InChI is InChI=1S/C9H16N2O2Si/c1-5-13-8-6-7-11(9(12)10-8)14(2,3)4/h6-7H,5H2,1-4H3. The topological polar surface area (TPSA) is 44.1 Å². The van der Waals surface area contributed by atoms with E-state index in [1.165, 1.54) is 0 Å². The fourth-order valence-corrected chi connectivity index (χ4v) is 2.27. The van der Waals surface area contributed by atoms with E-state index in [1.807, 2.05) is 6.92 Å². The molecule has 14 heavy (non-hydrogen) atoms. The summed E-state index contributed by atoms with van der Waals surface area (Å²) in [6, 6.07) is 1.74. The molecule has 0 bridgehead atoms. The number of hydrogen-bond donors (Lipinski definition) is 0. The number of ether oxygens (including phenoxy) is 1. The van der Waals surface area contributed by atoms with Crippen LogP contribution in [0.3, 0.4) is 0 Å². The highest BCUT2D eigenvalue weighted by molar-refractivity contribution is 6.74. The Kier molecular flexibility index (Phi) is 3.10. The summed E-state index contributed by atoms with van der Waals surface area (Å²) in [5.74, 6) is 0.409. The zero-order valence-corrected chi connectivity index (χ0v) is 10.1. The Morgan fingerprint density at radius 3 is 2.57 bits per heavy atom. The van der Waals surface area contributed by atoms with Crippen LogP contribution in [-0.4, -0.2) is 24.1 Å². The second-order valence-corrected chi connectivity index (χ2v) is 8.85. The van der Waals surface area contributed by atoms with Gasteiger partial charge in [0.2, 0.25) is 5.88 Å². The minimum atomic E-state index is -1.64. The molecule has 0 atom stereocenters. The number of aromatic nitrogens is 2. The average Bonchev–Trinajstić information content (AvgIpc) is 2.02. The Balaban J connectivity index is 3.09. The molecule has 0 aliphatic rings. The van der Waals surface area contributed by atoms with Crippen molar-refractivity contribution in [3.05, 3.63) is 22.7 Å². The molecule has 0 N–H and O–H groups in total. The fourth-order valence-electron chi connectivity index (χ4n) is 1.13. The average molecular weight is 212 g/mol. The quantitative estimate of drug-likeness (QED) is 0.710. The van der Waals surface area contributed by atoms with Crippen LogP contribution in [-0.2, 0) is 0 Å². The molecule has 1 aromatic rings. The summed E-state index contributed by atoms with van der Waals surface area (Å²) in [6.45, 7) is 8.68. The fraction of sp³-hybridized carbons (Fsp3) is 0.556. The summed E-state index contributed by atoms with van der Waals surface area (Å²) in [5.41, 5.74) is -0.213. The van der Waals surface area contributed by atoms with E-state index in [4.69, 9.17) is 4.74 Å². The van der Waals surface area contributed by atoms with Crippen molar-refractivity contribution in [2.75, 3.05) is 6.61 Å². The third kappa shape index (κ3) is 2.44. The summed E-state index contributed by atoms with van der Waals surface area (Å²) in [4.78, 5) is 15.4. The van der Waals surface area contributed by atoms with Gasteiger partial charge in [0, 0.05) is 12.3 Å². The maximum atomic E-state index is 11.6. The predicted octanol–water partition coefficient (Wildman–Crippen LogP) is 1.32. The molecule has 0 radical (unpaired) electrons. The van der Waals surface area contributed by atoms with Gasteiger partial charge in [-0.2, -0.15) is 4.98 Å². The zero-order chi connectivity index (χ0) is 10.8. The van der Waals surface area contributed by atoms with Crippen molar-refractivity contribution in [1.82, 2.24) is 9.22 Å². The monoisotopic (exact) mass is 212 g/mol. The Labute approximate surface area is 84.6 Å². The van der Waals surface area contributed by atoms with Gasteiger partial charge in [0.1, 0.15) is 0 Å². The molecule has 0 fully saturated rings. The van der Waals surface area contributed by atoms with E-state index >= 15 is 0 Å². The predicted molar refractivity (Wildman–Crippen MR) is 58.4 cm³/mol. The Bertz CT molecular complexity index is 368. The molecular weight excluding hydrogens is 196 g/mol. The Hall–Kier alpha value is -1.10. The smallest absolute Gasteiger partial charge is 0.342 e. The number of hydrogen-bond acceptors (Lipinski definition) is 3. The molecule has 1 heterocycles. The zero-order valence-electron chi connectivity index (χ0n) is 9.07.